The zero-order valence-corrected chi connectivity index (χ0v) is 18.0. The van der Waals surface area contributed by atoms with Crippen LogP contribution in [0.15, 0.2) is 60.9 Å². The van der Waals surface area contributed by atoms with E-state index in [1.807, 2.05) is 0 Å². The van der Waals surface area contributed by atoms with E-state index in [0.29, 0.717) is 22.5 Å². The van der Waals surface area contributed by atoms with E-state index >= 15 is 0 Å². The van der Waals surface area contributed by atoms with Crippen LogP contribution in [-0.4, -0.2) is 48.3 Å². The molecule has 0 unspecified atom stereocenters. The molecule has 0 saturated carbocycles. The summed E-state index contributed by atoms with van der Waals surface area (Å²) in [5.41, 5.74) is 7.04. The molecular formula is C22H18FN9O3. The second-order valence-electron chi connectivity index (χ2n) is 7.26. The van der Waals surface area contributed by atoms with E-state index in [2.05, 4.69) is 41.2 Å². The van der Waals surface area contributed by atoms with E-state index in [4.69, 9.17) is 5.73 Å². The number of hydrogen-bond acceptors (Lipinski definition) is 8. The van der Waals surface area contributed by atoms with Gasteiger partial charge in [-0.05, 0) is 28.5 Å². The summed E-state index contributed by atoms with van der Waals surface area (Å²) in [6.07, 6.45) is 1.06. The van der Waals surface area contributed by atoms with Gasteiger partial charge in [0.1, 0.15) is 29.6 Å². The molecule has 2 heterocycles. The second kappa shape index (κ2) is 10.2. The van der Waals surface area contributed by atoms with Gasteiger partial charge in [-0.3, -0.25) is 14.4 Å². The van der Waals surface area contributed by atoms with E-state index < -0.39 is 23.8 Å². The van der Waals surface area contributed by atoms with Crippen molar-refractivity contribution in [2.75, 3.05) is 0 Å². The minimum absolute atomic E-state index is 0.0626. The molecule has 4 rings (SSSR count). The van der Waals surface area contributed by atoms with E-state index in [-0.39, 0.29) is 23.7 Å². The summed E-state index contributed by atoms with van der Waals surface area (Å²) in [7, 11) is 0. The Hall–Kier alpha value is -5.07. The van der Waals surface area contributed by atoms with Crippen molar-refractivity contribution in [2.45, 2.75) is 12.6 Å². The summed E-state index contributed by atoms with van der Waals surface area (Å²) in [5, 5.41) is 18.7. The number of primary amides is 1. The smallest absolute Gasteiger partial charge is 0.270 e. The maximum atomic E-state index is 13.0. The molecule has 2 aromatic heterocycles. The SMILES string of the molecule is NC(=O)[C@H](NC(=O)c1cc(C(=O)NCc2ccc(F)cc2)ncn1)c1ccc(-c2nn[nH]n2)cc1. The molecule has 0 aliphatic heterocycles. The third-order valence-electron chi connectivity index (χ3n) is 4.91. The number of H-pyrrole nitrogens is 1. The lowest BCUT2D eigenvalue weighted by atomic mass is 10.0. The third-order valence-corrected chi connectivity index (χ3v) is 4.91. The summed E-state index contributed by atoms with van der Waals surface area (Å²) >= 11 is 0. The minimum atomic E-state index is -1.16. The summed E-state index contributed by atoms with van der Waals surface area (Å²) in [5.74, 6) is -2.11. The van der Waals surface area contributed by atoms with Crippen molar-refractivity contribution >= 4 is 17.7 Å². The van der Waals surface area contributed by atoms with Crippen molar-refractivity contribution in [2.24, 2.45) is 5.73 Å². The molecule has 0 radical (unpaired) electrons. The number of aromatic nitrogens is 6. The Morgan fingerprint density at radius 3 is 2.29 bits per heavy atom. The lowest BCUT2D eigenvalue weighted by Gasteiger charge is -2.16. The molecule has 35 heavy (non-hydrogen) atoms. The van der Waals surface area contributed by atoms with Crippen molar-refractivity contribution in [3.63, 3.8) is 0 Å². The Morgan fingerprint density at radius 1 is 0.971 bits per heavy atom. The first-order valence-electron chi connectivity index (χ1n) is 10.2. The number of benzene rings is 2. The highest BCUT2D eigenvalue weighted by atomic mass is 19.1. The van der Waals surface area contributed by atoms with Gasteiger partial charge in [-0.2, -0.15) is 5.21 Å². The Balaban J connectivity index is 1.44. The molecule has 0 saturated heterocycles. The van der Waals surface area contributed by atoms with Gasteiger partial charge in [0.05, 0.1) is 0 Å². The predicted molar refractivity (Wildman–Crippen MR) is 119 cm³/mol. The van der Waals surface area contributed by atoms with Crippen LogP contribution >= 0.6 is 0 Å². The van der Waals surface area contributed by atoms with E-state index in [1.165, 1.54) is 30.3 Å². The van der Waals surface area contributed by atoms with Crippen LogP contribution in [0.25, 0.3) is 11.4 Å². The molecule has 3 amide bonds. The number of tetrazole rings is 1. The van der Waals surface area contributed by atoms with Gasteiger partial charge in [-0.15, -0.1) is 10.2 Å². The monoisotopic (exact) mass is 475 g/mol. The molecule has 12 nitrogen and oxygen atoms in total. The standard InChI is InChI=1S/C22H18FN9O3/c23-15-7-1-12(2-8-15)10-25-21(34)16-9-17(27-11-26-16)22(35)28-18(19(24)33)13-3-5-14(6-4-13)20-29-31-32-30-20/h1-9,11,18H,10H2,(H2,24,33)(H,25,34)(H,28,35)(H,29,30,31,32)/t18-/m1/s1. The summed E-state index contributed by atoms with van der Waals surface area (Å²) in [6, 6.07) is 12.1. The van der Waals surface area contributed by atoms with Crippen molar-refractivity contribution < 1.29 is 18.8 Å². The van der Waals surface area contributed by atoms with Crippen LogP contribution < -0.4 is 16.4 Å². The Morgan fingerprint density at radius 2 is 1.66 bits per heavy atom. The van der Waals surface area contributed by atoms with Gasteiger partial charge < -0.3 is 16.4 Å². The van der Waals surface area contributed by atoms with Gasteiger partial charge in [0.25, 0.3) is 11.8 Å². The maximum Gasteiger partial charge on any atom is 0.270 e. The highest BCUT2D eigenvalue weighted by Crippen LogP contribution is 2.19. The summed E-state index contributed by atoms with van der Waals surface area (Å²) in [6.45, 7) is 0.133. The number of nitrogens with two attached hydrogens (primary N) is 1. The predicted octanol–water partition coefficient (Wildman–Crippen LogP) is 0.682. The lowest BCUT2D eigenvalue weighted by molar-refractivity contribution is -0.120. The normalized spacial score (nSPS) is 11.5. The average molecular weight is 475 g/mol. The van der Waals surface area contributed by atoms with Crippen LogP contribution in [0.3, 0.4) is 0 Å². The first-order valence-corrected chi connectivity index (χ1v) is 10.2. The van der Waals surface area contributed by atoms with Crippen LogP contribution in [0.1, 0.15) is 38.1 Å². The van der Waals surface area contributed by atoms with Gasteiger partial charge in [-0.1, -0.05) is 36.4 Å². The van der Waals surface area contributed by atoms with Crippen LogP contribution in [0.4, 0.5) is 4.39 Å². The maximum absolute atomic E-state index is 13.0. The fourth-order valence-corrected chi connectivity index (χ4v) is 3.11. The highest BCUT2D eigenvalue weighted by molar-refractivity contribution is 5.99. The van der Waals surface area contributed by atoms with Gasteiger partial charge in [0.15, 0.2) is 0 Å². The van der Waals surface area contributed by atoms with Crippen molar-refractivity contribution in [1.82, 2.24) is 41.2 Å². The molecular weight excluding hydrogens is 457 g/mol. The zero-order valence-electron chi connectivity index (χ0n) is 18.0. The van der Waals surface area contributed by atoms with Crippen molar-refractivity contribution in [1.29, 1.82) is 0 Å². The van der Waals surface area contributed by atoms with E-state index in [9.17, 15) is 18.8 Å². The molecule has 176 valence electrons. The lowest BCUT2D eigenvalue weighted by Crippen LogP contribution is -2.38. The Kier molecular flexibility index (Phi) is 6.76. The van der Waals surface area contributed by atoms with Gasteiger partial charge in [0.2, 0.25) is 11.7 Å². The average Bonchev–Trinajstić information content (AvgIpc) is 3.42. The zero-order chi connectivity index (χ0) is 24.8. The molecule has 5 N–H and O–H groups in total. The molecule has 0 spiro atoms. The van der Waals surface area contributed by atoms with Gasteiger partial charge >= 0.3 is 0 Å². The topological polar surface area (TPSA) is 182 Å². The quantitative estimate of drug-likeness (QED) is 0.287. The number of nitrogens with zero attached hydrogens (tertiary/aromatic N) is 5. The second-order valence-corrected chi connectivity index (χ2v) is 7.26. The van der Waals surface area contributed by atoms with Crippen molar-refractivity contribution in [3.05, 3.63) is 89.3 Å². The molecule has 4 aromatic rings. The number of rotatable bonds is 8. The molecule has 2 aromatic carbocycles. The van der Waals surface area contributed by atoms with Gasteiger partial charge in [0, 0.05) is 18.2 Å². The fraction of sp³-hybridized carbons (Fsp3) is 0.0909. The number of carbonyl (C=O) groups is 3. The van der Waals surface area contributed by atoms with Gasteiger partial charge in [-0.25, -0.2) is 14.4 Å². The third kappa shape index (κ3) is 5.65. The largest absolute Gasteiger partial charge is 0.368 e. The summed E-state index contributed by atoms with van der Waals surface area (Å²) in [4.78, 5) is 45.0. The number of aromatic amines is 1. The highest BCUT2D eigenvalue weighted by Gasteiger charge is 2.23. The first kappa shape index (κ1) is 23.1. The fourth-order valence-electron chi connectivity index (χ4n) is 3.11. The number of amides is 3. The minimum Gasteiger partial charge on any atom is -0.368 e. The number of halogens is 1. The summed E-state index contributed by atoms with van der Waals surface area (Å²) < 4.78 is 13.0. The molecule has 1 atom stereocenters. The molecule has 0 fully saturated rings. The first-order chi connectivity index (χ1) is 16.9. The van der Waals surface area contributed by atoms with Crippen LogP contribution in [0, 0.1) is 5.82 Å². The van der Waals surface area contributed by atoms with E-state index in [0.717, 1.165) is 6.33 Å². The molecule has 13 heteroatoms. The number of nitrogens with one attached hydrogen (secondary N) is 3. The van der Waals surface area contributed by atoms with Crippen LogP contribution in [0.5, 0.6) is 0 Å². The molecule has 0 aliphatic rings. The molecule has 0 bridgehead atoms. The van der Waals surface area contributed by atoms with Crippen LogP contribution in [-0.2, 0) is 11.3 Å². The van der Waals surface area contributed by atoms with Crippen molar-refractivity contribution in [3.8, 4) is 11.4 Å². The number of hydrogen-bond donors (Lipinski definition) is 4. The van der Waals surface area contributed by atoms with Crippen LogP contribution in [0.2, 0.25) is 0 Å². The number of carbonyl (C=O) groups excluding carboxylic acids is 3. The molecule has 0 aliphatic carbocycles. The Bertz CT molecular complexity index is 1340. The van der Waals surface area contributed by atoms with E-state index in [1.54, 1.807) is 24.3 Å². The Labute approximate surface area is 197 Å².